The number of fused-ring (bicyclic) bond motifs is 2. The molecule has 0 unspecified atom stereocenters. The number of hydrazone groups is 2. The Labute approximate surface area is 335 Å². The zero-order valence-electron chi connectivity index (χ0n) is 28.0. The fourth-order valence-corrected chi connectivity index (χ4v) is 7.51. The van der Waals surface area contributed by atoms with E-state index in [1.165, 1.54) is 22.7 Å². The molecule has 4 aromatic heterocycles. The van der Waals surface area contributed by atoms with Crippen LogP contribution in [0.4, 0.5) is 10.3 Å². The standard InChI is InChI=1S/C39H24Br2N6O6S2/c40-24-7-1-20(2-8-24)16-42-46-38-44-28(18-54-38)32-34(48)26-14-22(5-11-30(26)52-36(32)50)13-23-6-12-31-27(15-23)35(49)33(37(51)53-31)29-19-55-39(45-29)47-43-17-21-3-9-25(41)10-4-21/h1-12,14-19,48-49H,13H2,(H,44,46)(H,45,47)/b42-16+,43-17+. The van der Waals surface area contributed by atoms with Crippen molar-refractivity contribution in [2.24, 2.45) is 10.2 Å². The summed E-state index contributed by atoms with van der Waals surface area (Å²) in [6, 6.07) is 25.5. The topological polar surface area (TPSA) is 175 Å². The lowest BCUT2D eigenvalue weighted by Crippen LogP contribution is -2.05. The molecule has 0 radical (unpaired) electrons. The normalized spacial score (nSPS) is 11.7. The minimum Gasteiger partial charge on any atom is -0.506 e. The second kappa shape index (κ2) is 15.4. The highest BCUT2D eigenvalue weighted by Crippen LogP contribution is 2.37. The summed E-state index contributed by atoms with van der Waals surface area (Å²) in [6.45, 7) is 0. The Balaban J connectivity index is 1.03. The van der Waals surface area contributed by atoms with Gasteiger partial charge in [0, 0.05) is 19.7 Å². The van der Waals surface area contributed by atoms with E-state index in [-0.39, 0.29) is 45.2 Å². The van der Waals surface area contributed by atoms with Crippen LogP contribution < -0.4 is 22.1 Å². The van der Waals surface area contributed by atoms with Crippen molar-refractivity contribution in [3.05, 3.63) is 148 Å². The lowest BCUT2D eigenvalue weighted by molar-refractivity contribution is 0.470. The maximum atomic E-state index is 13.0. The first-order chi connectivity index (χ1) is 26.7. The molecule has 12 nitrogen and oxygen atoms in total. The van der Waals surface area contributed by atoms with Crippen LogP contribution in [0.2, 0.25) is 0 Å². The maximum absolute atomic E-state index is 13.0. The molecule has 8 rings (SSSR count). The van der Waals surface area contributed by atoms with Gasteiger partial charge >= 0.3 is 11.3 Å². The van der Waals surface area contributed by atoms with Gasteiger partial charge in [-0.2, -0.15) is 10.2 Å². The van der Waals surface area contributed by atoms with E-state index in [0.29, 0.717) is 27.5 Å². The van der Waals surface area contributed by atoms with E-state index in [1.54, 1.807) is 59.6 Å². The van der Waals surface area contributed by atoms with Crippen molar-refractivity contribution in [1.29, 1.82) is 0 Å². The predicted molar refractivity (Wildman–Crippen MR) is 224 cm³/mol. The number of halogens is 2. The lowest BCUT2D eigenvalue weighted by Gasteiger charge is -2.09. The highest BCUT2D eigenvalue weighted by atomic mass is 79.9. The van der Waals surface area contributed by atoms with Crippen LogP contribution in [0.3, 0.4) is 0 Å². The summed E-state index contributed by atoms with van der Waals surface area (Å²) in [6.07, 6.45) is 3.65. The summed E-state index contributed by atoms with van der Waals surface area (Å²) < 4.78 is 13.1. The highest BCUT2D eigenvalue weighted by Gasteiger charge is 2.21. The number of nitrogens with one attached hydrogen (secondary N) is 2. The van der Waals surface area contributed by atoms with Crippen molar-refractivity contribution >= 4 is 99.2 Å². The lowest BCUT2D eigenvalue weighted by atomic mass is 10.00. The van der Waals surface area contributed by atoms with Crippen molar-refractivity contribution in [3.63, 3.8) is 0 Å². The molecule has 0 bridgehead atoms. The first kappa shape index (κ1) is 36.1. The molecule has 4 heterocycles. The van der Waals surface area contributed by atoms with Gasteiger partial charge in [-0.25, -0.2) is 19.6 Å². The van der Waals surface area contributed by atoms with Crippen LogP contribution in [0.1, 0.15) is 22.3 Å². The number of benzene rings is 4. The third kappa shape index (κ3) is 7.84. The summed E-state index contributed by atoms with van der Waals surface area (Å²) in [5.74, 6) is -0.524. The van der Waals surface area contributed by atoms with Crippen LogP contribution in [-0.2, 0) is 6.42 Å². The molecule has 0 saturated carbocycles. The molecule has 0 saturated heterocycles. The number of nitrogens with zero attached hydrogens (tertiary/aromatic N) is 4. The summed E-state index contributed by atoms with van der Waals surface area (Å²) in [5.41, 5.74) is 8.33. The molecule has 0 aliphatic heterocycles. The molecular formula is C39H24Br2N6O6S2. The van der Waals surface area contributed by atoms with E-state index in [1.807, 2.05) is 48.5 Å². The van der Waals surface area contributed by atoms with Gasteiger partial charge in [-0.1, -0.05) is 68.3 Å². The van der Waals surface area contributed by atoms with Gasteiger partial charge in [0.05, 0.1) is 34.6 Å². The van der Waals surface area contributed by atoms with E-state index in [9.17, 15) is 19.8 Å². The Morgan fingerprint density at radius 3 is 1.47 bits per heavy atom. The molecule has 0 spiro atoms. The molecule has 0 aliphatic rings. The molecule has 272 valence electrons. The maximum Gasteiger partial charge on any atom is 0.349 e. The van der Waals surface area contributed by atoms with Crippen molar-refractivity contribution in [3.8, 4) is 34.0 Å². The smallest absolute Gasteiger partial charge is 0.349 e. The van der Waals surface area contributed by atoms with Gasteiger partial charge in [0.15, 0.2) is 0 Å². The fourth-order valence-electron chi connectivity index (χ4n) is 5.68. The summed E-state index contributed by atoms with van der Waals surface area (Å²) >= 11 is 9.25. The van der Waals surface area contributed by atoms with Crippen LogP contribution in [-0.4, -0.2) is 32.6 Å². The molecule has 55 heavy (non-hydrogen) atoms. The van der Waals surface area contributed by atoms with Crippen LogP contribution >= 0.6 is 54.5 Å². The minimum atomic E-state index is -0.730. The van der Waals surface area contributed by atoms with Gasteiger partial charge in [0.25, 0.3) is 0 Å². The van der Waals surface area contributed by atoms with Crippen LogP contribution in [0, 0.1) is 0 Å². The zero-order chi connectivity index (χ0) is 38.1. The third-order valence-corrected chi connectivity index (χ3v) is 10.9. The van der Waals surface area contributed by atoms with Crippen molar-refractivity contribution in [2.45, 2.75) is 6.42 Å². The van der Waals surface area contributed by atoms with Gasteiger partial charge in [-0.3, -0.25) is 10.9 Å². The number of thiazole rings is 2. The molecule has 0 fully saturated rings. The Morgan fingerprint density at radius 1 is 0.636 bits per heavy atom. The summed E-state index contributed by atoms with van der Waals surface area (Å²) in [4.78, 5) is 34.9. The van der Waals surface area contributed by atoms with Gasteiger partial charge in [0.2, 0.25) is 10.3 Å². The number of aromatic hydroxyl groups is 2. The average Bonchev–Trinajstić information content (AvgIpc) is 3.84. The number of anilines is 2. The monoisotopic (exact) mass is 894 g/mol. The molecular weight excluding hydrogens is 872 g/mol. The quantitative estimate of drug-likeness (QED) is 0.0588. The fraction of sp³-hybridized carbons (Fsp3) is 0.0256. The summed E-state index contributed by atoms with van der Waals surface area (Å²) in [7, 11) is 0. The zero-order valence-corrected chi connectivity index (χ0v) is 32.8. The average molecular weight is 897 g/mol. The SMILES string of the molecule is O=c1oc2ccc(Cc3ccc4oc(=O)c(-c5csc(N/N=C/c6ccc(Br)cc6)n5)c(O)c4c3)cc2c(O)c1-c1csc(N/N=C/c2ccc(Br)cc2)n1. The van der Waals surface area contributed by atoms with E-state index >= 15 is 0 Å². The number of rotatable bonds is 10. The Bertz CT molecular complexity index is 2710. The Morgan fingerprint density at radius 2 is 1.05 bits per heavy atom. The molecule has 8 aromatic rings. The van der Waals surface area contributed by atoms with Gasteiger partial charge in [0.1, 0.15) is 33.8 Å². The second-order valence-electron chi connectivity index (χ2n) is 12.0. The van der Waals surface area contributed by atoms with Crippen LogP contribution in [0.5, 0.6) is 11.5 Å². The van der Waals surface area contributed by atoms with E-state index in [4.69, 9.17) is 8.83 Å². The van der Waals surface area contributed by atoms with Gasteiger partial charge < -0.3 is 19.0 Å². The molecule has 0 aliphatic carbocycles. The second-order valence-corrected chi connectivity index (χ2v) is 15.5. The largest absolute Gasteiger partial charge is 0.506 e. The van der Waals surface area contributed by atoms with Crippen LogP contribution in [0.15, 0.2) is 133 Å². The van der Waals surface area contributed by atoms with Crippen molar-refractivity contribution in [1.82, 2.24) is 9.97 Å². The van der Waals surface area contributed by atoms with Crippen LogP contribution in [0.25, 0.3) is 44.5 Å². The first-order valence-corrected chi connectivity index (χ1v) is 19.6. The third-order valence-electron chi connectivity index (χ3n) is 8.30. The Hall–Kier alpha value is -5.94. The Kier molecular flexibility index (Phi) is 10.1. The summed E-state index contributed by atoms with van der Waals surface area (Å²) in [5, 5.41) is 35.9. The van der Waals surface area contributed by atoms with Gasteiger partial charge in [-0.15, -0.1) is 22.7 Å². The van der Waals surface area contributed by atoms with Gasteiger partial charge in [-0.05, 0) is 77.2 Å². The number of hydrogen-bond donors (Lipinski definition) is 4. The number of aromatic nitrogens is 2. The minimum absolute atomic E-state index is 0.0687. The highest BCUT2D eigenvalue weighted by molar-refractivity contribution is 9.10. The first-order valence-electron chi connectivity index (χ1n) is 16.3. The number of hydrogen-bond acceptors (Lipinski definition) is 14. The molecule has 0 amide bonds. The van der Waals surface area contributed by atoms with E-state index in [2.05, 4.69) is 62.9 Å². The van der Waals surface area contributed by atoms with Crippen molar-refractivity contribution < 1.29 is 19.0 Å². The molecule has 16 heteroatoms. The van der Waals surface area contributed by atoms with E-state index < -0.39 is 11.3 Å². The molecule has 4 N–H and O–H groups in total. The molecule has 4 aromatic carbocycles. The predicted octanol–water partition coefficient (Wildman–Crippen LogP) is 9.57. The molecule has 0 atom stereocenters. The van der Waals surface area contributed by atoms with Crippen molar-refractivity contribution in [2.75, 3.05) is 10.9 Å². The van der Waals surface area contributed by atoms with E-state index in [0.717, 1.165) is 31.2 Å².